The molecule has 2 aliphatic heterocycles. The van der Waals surface area contributed by atoms with Gasteiger partial charge in [-0.25, -0.2) is 0 Å². The highest BCUT2D eigenvalue weighted by Gasteiger charge is 2.33. The van der Waals surface area contributed by atoms with Gasteiger partial charge in [0.05, 0.1) is 10.2 Å². The third-order valence-corrected chi connectivity index (χ3v) is 5.70. The number of nitrogens with two attached hydrogens (primary N) is 1. The molecule has 1 amide bonds. The molecule has 2 unspecified atom stereocenters. The van der Waals surface area contributed by atoms with Gasteiger partial charge >= 0.3 is 0 Å². The van der Waals surface area contributed by atoms with E-state index in [0.29, 0.717) is 11.5 Å². The second-order valence-electron chi connectivity index (χ2n) is 5.44. The number of likely N-dealkylation sites (tertiary alicyclic amines) is 1. The Bertz CT molecular complexity index is 521. The van der Waals surface area contributed by atoms with Gasteiger partial charge in [-0.15, -0.1) is 11.8 Å². The number of fused-ring (bicyclic) bond motifs is 1. The van der Waals surface area contributed by atoms with Gasteiger partial charge in [-0.3, -0.25) is 4.79 Å². The fraction of sp³-hybridized carbons (Fsp3) is 0.467. The number of amides is 1. The van der Waals surface area contributed by atoms with Crippen LogP contribution in [0.4, 0.5) is 0 Å². The Kier molecular flexibility index (Phi) is 3.98. The quantitative estimate of drug-likeness (QED) is 0.851. The lowest BCUT2D eigenvalue weighted by Gasteiger charge is -2.33. The van der Waals surface area contributed by atoms with Crippen molar-refractivity contribution in [2.24, 2.45) is 11.7 Å². The van der Waals surface area contributed by atoms with E-state index in [-0.39, 0.29) is 17.1 Å². The molecule has 1 aromatic rings. The zero-order valence-electron chi connectivity index (χ0n) is 11.2. The second kappa shape index (κ2) is 5.74. The van der Waals surface area contributed by atoms with Crippen molar-refractivity contribution in [1.82, 2.24) is 4.90 Å². The molecule has 106 valence electrons. The Morgan fingerprint density at radius 2 is 2.20 bits per heavy atom. The lowest BCUT2D eigenvalue weighted by Crippen LogP contribution is -2.46. The van der Waals surface area contributed by atoms with E-state index >= 15 is 0 Å². The van der Waals surface area contributed by atoms with E-state index in [1.54, 1.807) is 11.8 Å². The first kappa shape index (κ1) is 13.9. The van der Waals surface area contributed by atoms with Gasteiger partial charge in [0.1, 0.15) is 0 Å². The number of piperidine rings is 1. The Hall–Kier alpha value is -1.07. The Balaban J connectivity index is 1.67. The van der Waals surface area contributed by atoms with Crippen molar-refractivity contribution in [3.05, 3.63) is 29.8 Å². The molecule has 1 fully saturated rings. The lowest BCUT2D eigenvalue weighted by molar-refractivity contribution is -0.131. The molecule has 0 spiro atoms. The summed E-state index contributed by atoms with van der Waals surface area (Å²) >= 11 is 6.77. The minimum absolute atomic E-state index is 0.0255. The molecule has 3 nitrogen and oxygen atoms in total. The molecule has 0 saturated carbocycles. The van der Waals surface area contributed by atoms with Crippen LogP contribution in [-0.2, 0) is 11.2 Å². The van der Waals surface area contributed by atoms with Gasteiger partial charge in [0.25, 0.3) is 0 Å². The first-order valence-electron chi connectivity index (χ1n) is 6.98. The molecule has 2 N–H and O–H groups in total. The number of rotatable bonds is 2. The molecule has 2 aliphatic rings. The van der Waals surface area contributed by atoms with Crippen LogP contribution in [0.15, 0.2) is 29.2 Å². The van der Waals surface area contributed by atoms with Gasteiger partial charge < -0.3 is 10.6 Å². The van der Waals surface area contributed by atoms with Gasteiger partial charge in [-0.05, 0) is 30.9 Å². The number of carbonyl (C=O) groups excluding carboxylic acids is 1. The third-order valence-electron chi connectivity index (χ3n) is 4.06. The monoisotopic (exact) mass is 306 g/mol. The van der Waals surface area contributed by atoms with E-state index in [9.17, 15) is 4.79 Å². The van der Waals surface area contributed by atoms with E-state index < -0.39 is 0 Å². The normalized spacial score (nSPS) is 25.3. The summed E-state index contributed by atoms with van der Waals surface area (Å²) in [6.07, 6.45) is 2.85. The van der Waals surface area contributed by atoms with Crippen molar-refractivity contribution >= 4 is 34.9 Å². The molecule has 3 rings (SSSR count). The molecule has 5 heteroatoms. The van der Waals surface area contributed by atoms with Crippen molar-refractivity contribution in [3.8, 4) is 0 Å². The Labute approximate surface area is 128 Å². The van der Waals surface area contributed by atoms with E-state index in [4.69, 9.17) is 18.0 Å². The number of hydrogen-bond donors (Lipinski definition) is 1. The van der Waals surface area contributed by atoms with Gasteiger partial charge in [-0.2, -0.15) is 0 Å². The fourth-order valence-corrected chi connectivity index (χ4v) is 4.40. The zero-order valence-corrected chi connectivity index (χ0v) is 12.9. The van der Waals surface area contributed by atoms with Crippen LogP contribution in [0.2, 0.25) is 0 Å². The summed E-state index contributed by atoms with van der Waals surface area (Å²) in [5.74, 6) is 0.434. The van der Waals surface area contributed by atoms with Crippen molar-refractivity contribution < 1.29 is 4.79 Å². The summed E-state index contributed by atoms with van der Waals surface area (Å²) < 4.78 is 0. The van der Waals surface area contributed by atoms with Crippen molar-refractivity contribution in [3.63, 3.8) is 0 Å². The maximum absolute atomic E-state index is 12.7. The molecule has 2 atom stereocenters. The number of benzene rings is 1. The average Bonchev–Trinajstić information content (AvgIpc) is 2.90. The molecule has 0 radical (unpaired) electrons. The van der Waals surface area contributed by atoms with Gasteiger partial charge in [-0.1, -0.05) is 30.4 Å². The first-order valence-corrected chi connectivity index (χ1v) is 8.26. The maximum Gasteiger partial charge on any atom is 0.236 e. The Morgan fingerprint density at radius 3 is 2.95 bits per heavy atom. The zero-order chi connectivity index (χ0) is 14.1. The minimum atomic E-state index is 0.0255. The highest BCUT2D eigenvalue weighted by Crippen LogP contribution is 2.38. The van der Waals surface area contributed by atoms with E-state index in [2.05, 4.69) is 12.1 Å². The predicted molar refractivity (Wildman–Crippen MR) is 85.9 cm³/mol. The molecule has 0 bridgehead atoms. The van der Waals surface area contributed by atoms with Gasteiger partial charge in [0, 0.05) is 23.9 Å². The summed E-state index contributed by atoms with van der Waals surface area (Å²) in [4.78, 5) is 16.4. The summed E-state index contributed by atoms with van der Waals surface area (Å²) in [5, 5.41) is 0.0255. The summed E-state index contributed by atoms with van der Waals surface area (Å²) in [5.41, 5.74) is 7.03. The highest BCUT2D eigenvalue weighted by atomic mass is 32.2. The molecule has 2 heterocycles. The van der Waals surface area contributed by atoms with Crippen molar-refractivity contribution in [2.75, 3.05) is 13.1 Å². The number of hydrogen-bond acceptors (Lipinski definition) is 3. The fourth-order valence-electron chi connectivity index (χ4n) is 2.93. The van der Waals surface area contributed by atoms with Crippen LogP contribution in [0.25, 0.3) is 0 Å². The van der Waals surface area contributed by atoms with E-state index in [1.807, 2.05) is 17.0 Å². The van der Waals surface area contributed by atoms with Crippen LogP contribution in [0.3, 0.4) is 0 Å². The van der Waals surface area contributed by atoms with Crippen LogP contribution in [0.1, 0.15) is 18.4 Å². The molecule has 1 aromatic carbocycles. The highest BCUT2D eigenvalue weighted by molar-refractivity contribution is 8.01. The lowest BCUT2D eigenvalue weighted by atomic mass is 9.97. The molecule has 0 aliphatic carbocycles. The molecule has 20 heavy (non-hydrogen) atoms. The van der Waals surface area contributed by atoms with Crippen LogP contribution >= 0.6 is 24.0 Å². The summed E-state index contributed by atoms with van der Waals surface area (Å²) in [7, 11) is 0. The number of thiocarbonyl (C=S) groups is 1. The molecule has 0 aromatic heterocycles. The van der Waals surface area contributed by atoms with E-state index in [0.717, 1.165) is 25.8 Å². The minimum Gasteiger partial charge on any atom is -0.393 e. The number of nitrogens with zero attached hydrogens (tertiary/aromatic N) is 1. The van der Waals surface area contributed by atoms with Gasteiger partial charge in [0.15, 0.2) is 0 Å². The molecular formula is C15H18N2OS2. The van der Waals surface area contributed by atoms with Crippen molar-refractivity contribution in [1.29, 1.82) is 0 Å². The van der Waals surface area contributed by atoms with Gasteiger partial charge in [0.2, 0.25) is 5.91 Å². The SMILES string of the molecule is NC(=S)C1CCCN(C(=O)C2Cc3ccccc3S2)C1. The number of thioether (sulfide) groups is 1. The maximum atomic E-state index is 12.7. The van der Waals surface area contributed by atoms with Crippen LogP contribution in [0.5, 0.6) is 0 Å². The third kappa shape index (κ3) is 2.69. The van der Waals surface area contributed by atoms with Crippen LogP contribution in [0, 0.1) is 5.92 Å². The van der Waals surface area contributed by atoms with E-state index in [1.165, 1.54) is 10.5 Å². The molecule has 1 saturated heterocycles. The summed E-state index contributed by atoms with van der Waals surface area (Å²) in [6, 6.07) is 8.28. The largest absolute Gasteiger partial charge is 0.393 e. The molecular weight excluding hydrogens is 288 g/mol. The Morgan fingerprint density at radius 1 is 1.40 bits per heavy atom. The standard InChI is InChI=1S/C15H18N2OS2/c16-14(19)11-5-3-7-17(9-11)15(18)13-8-10-4-1-2-6-12(10)20-13/h1-2,4,6,11,13H,3,5,7-9H2,(H2,16,19). The second-order valence-corrected chi connectivity index (χ2v) is 7.16. The number of carbonyl (C=O) groups is 1. The summed E-state index contributed by atoms with van der Waals surface area (Å²) in [6.45, 7) is 1.53. The van der Waals surface area contributed by atoms with Crippen molar-refractivity contribution in [2.45, 2.75) is 29.4 Å². The predicted octanol–water partition coefficient (Wildman–Crippen LogP) is 2.23. The van der Waals surface area contributed by atoms with Crippen LogP contribution < -0.4 is 5.73 Å². The topological polar surface area (TPSA) is 46.3 Å². The van der Waals surface area contributed by atoms with Crippen LogP contribution in [-0.4, -0.2) is 34.1 Å². The average molecular weight is 306 g/mol. The smallest absolute Gasteiger partial charge is 0.236 e. The first-order chi connectivity index (χ1) is 9.65.